The Kier molecular flexibility index (Phi) is 5.29. The molecule has 1 aromatic heterocycles. The number of nitrogens with zero attached hydrogens (tertiary/aromatic N) is 3. The van der Waals surface area contributed by atoms with E-state index in [4.69, 9.17) is 4.99 Å². The topological polar surface area (TPSA) is 54.2 Å². The van der Waals surface area contributed by atoms with E-state index in [1.165, 1.54) is 31.2 Å². The fourth-order valence-corrected chi connectivity index (χ4v) is 3.05. The van der Waals surface area contributed by atoms with E-state index in [1.54, 1.807) is 6.20 Å². The zero-order valence-corrected chi connectivity index (χ0v) is 13.7. The Hall–Kier alpha value is -2.30. The summed E-state index contributed by atoms with van der Waals surface area (Å²) in [5.74, 6) is 0.917. The molecule has 23 heavy (non-hydrogen) atoms. The monoisotopic (exact) mass is 311 g/mol. The molecule has 0 aliphatic heterocycles. The van der Waals surface area contributed by atoms with Crippen LogP contribution in [0.15, 0.2) is 48.0 Å². The first-order valence-corrected chi connectivity index (χ1v) is 8.48. The lowest BCUT2D eigenvalue weighted by molar-refractivity contribution is 0.614. The van der Waals surface area contributed by atoms with Crippen molar-refractivity contribution in [2.24, 2.45) is 4.99 Å². The van der Waals surface area contributed by atoms with Gasteiger partial charge in [0.1, 0.15) is 0 Å². The molecule has 0 amide bonds. The number of benzene rings is 1. The molecule has 1 aliphatic carbocycles. The number of imidazole rings is 1. The lowest BCUT2D eigenvalue weighted by Crippen LogP contribution is -2.42. The van der Waals surface area contributed by atoms with Crippen LogP contribution in [0.3, 0.4) is 0 Å². The standard InChI is InChI=1S/C18H25N5/c1-2-20-18(22-16-8-4-5-9-16)21-13-15-7-3-6-10-17(15)23-12-11-19-14-23/h3,6-7,10-12,14,16H,2,4-5,8-9,13H2,1H3,(H2,20,21,22). The second kappa shape index (κ2) is 7.81. The average molecular weight is 311 g/mol. The van der Waals surface area contributed by atoms with Crippen molar-refractivity contribution in [3.8, 4) is 5.69 Å². The molecule has 122 valence electrons. The molecule has 0 atom stereocenters. The third kappa shape index (κ3) is 4.12. The molecule has 5 heteroatoms. The third-order valence-electron chi connectivity index (χ3n) is 4.22. The normalized spacial score (nSPS) is 15.8. The molecule has 2 N–H and O–H groups in total. The van der Waals surface area contributed by atoms with Gasteiger partial charge in [-0.3, -0.25) is 0 Å². The summed E-state index contributed by atoms with van der Waals surface area (Å²) in [4.78, 5) is 8.91. The summed E-state index contributed by atoms with van der Waals surface area (Å²) in [7, 11) is 0. The van der Waals surface area contributed by atoms with Crippen molar-refractivity contribution in [2.45, 2.75) is 45.2 Å². The van der Waals surface area contributed by atoms with E-state index in [0.717, 1.165) is 18.2 Å². The van der Waals surface area contributed by atoms with Crippen molar-refractivity contribution in [1.82, 2.24) is 20.2 Å². The number of para-hydroxylation sites is 1. The summed E-state index contributed by atoms with van der Waals surface area (Å²) in [5, 5.41) is 6.91. The van der Waals surface area contributed by atoms with E-state index in [9.17, 15) is 0 Å². The first-order chi connectivity index (χ1) is 11.4. The predicted octanol–water partition coefficient (Wildman–Crippen LogP) is 2.87. The van der Waals surface area contributed by atoms with E-state index < -0.39 is 0 Å². The van der Waals surface area contributed by atoms with Crippen LogP contribution in [0.1, 0.15) is 38.2 Å². The number of hydrogen-bond donors (Lipinski definition) is 2. The number of aliphatic imine (C=N–C) groups is 1. The fourth-order valence-electron chi connectivity index (χ4n) is 3.05. The van der Waals surface area contributed by atoms with Gasteiger partial charge in [0.05, 0.1) is 18.6 Å². The Labute approximate surface area is 137 Å². The highest BCUT2D eigenvalue weighted by atomic mass is 15.2. The largest absolute Gasteiger partial charge is 0.357 e. The Morgan fingerprint density at radius 2 is 2.13 bits per heavy atom. The lowest BCUT2D eigenvalue weighted by Gasteiger charge is -2.17. The van der Waals surface area contributed by atoms with Crippen molar-refractivity contribution in [3.63, 3.8) is 0 Å². The van der Waals surface area contributed by atoms with Gasteiger partial charge in [0.25, 0.3) is 0 Å². The minimum absolute atomic E-state index is 0.566. The minimum atomic E-state index is 0.566. The van der Waals surface area contributed by atoms with Gasteiger partial charge in [-0.25, -0.2) is 9.98 Å². The van der Waals surface area contributed by atoms with Crippen molar-refractivity contribution in [1.29, 1.82) is 0 Å². The van der Waals surface area contributed by atoms with E-state index in [-0.39, 0.29) is 0 Å². The fraction of sp³-hybridized carbons (Fsp3) is 0.444. The maximum atomic E-state index is 4.78. The Bertz CT molecular complexity index is 627. The quantitative estimate of drug-likeness (QED) is 0.659. The van der Waals surface area contributed by atoms with Gasteiger partial charge in [-0.1, -0.05) is 31.0 Å². The highest BCUT2D eigenvalue weighted by molar-refractivity contribution is 5.80. The molecular formula is C18H25N5. The minimum Gasteiger partial charge on any atom is -0.357 e. The summed E-state index contributed by atoms with van der Waals surface area (Å²) in [6.07, 6.45) is 10.7. The van der Waals surface area contributed by atoms with E-state index >= 15 is 0 Å². The van der Waals surface area contributed by atoms with Crippen LogP contribution in [0.2, 0.25) is 0 Å². The molecule has 1 aromatic carbocycles. The number of guanidine groups is 1. The maximum Gasteiger partial charge on any atom is 0.191 e. The zero-order chi connectivity index (χ0) is 15.9. The van der Waals surface area contributed by atoms with Crippen LogP contribution in [0.4, 0.5) is 0 Å². The van der Waals surface area contributed by atoms with E-state index in [2.05, 4.69) is 40.7 Å². The summed E-state index contributed by atoms with van der Waals surface area (Å²) in [6, 6.07) is 8.89. The van der Waals surface area contributed by atoms with Gasteiger partial charge >= 0.3 is 0 Å². The number of hydrogen-bond acceptors (Lipinski definition) is 2. The molecule has 3 rings (SSSR count). The van der Waals surface area contributed by atoms with Crippen molar-refractivity contribution >= 4 is 5.96 Å². The van der Waals surface area contributed by atoms with Gasteiger partial charge in [0, 0.05) is 25.0 Å². The molecule has 0 bridgehead atoms. The first-order valence-electron chi connectivity index (χ1n) is 8.48. The van der Waals surface area contributed by atoms with E-state index in [1.807, 2.05) is 23.2 Å². The van der Waals surface area contributed by atoms with Gasteiger partial charge in [-0.05, 0) is 31.4 Å². The average Bonchev–Trinajstić information content (AvgIpc) is 3.27. The SMILES string of the molecule is CCNC(=NCc1ccccc1-n1ccnc1)NC1CCCC1. The van der Waals surface area contributed by atoms with E-state index in [0.29, 0.717) is 12.6 Å². The molecular weight excluding hydrogens is 286 g/mol. The summed E-state index contributed by atoms with van der Waals surface area (Å²) < 4.78 is 2.03. The Morgan fingerprint density at radius 3 is 2.87 bits per heavy atom. The van der Waals surface area contributed by atoms with Gasteiger partial charge in [-0.15, -0.1) is 0 Å². The van der Waals surface area contributed by atoms with Crippen LogP contribution in [-0.4, -0.2) is 28.1 Å². The van der Waals surface area contributed by atoms with Crippen LogP contribution in [-0.2, 0) is 6.54 Å². The molecule has 1 heterocycles. The molecule has 1 fully saturated rings. The number of nitrogens with one attached hydrogen (secondary N) is 2. The van der Waals surface area contributed by atoms with Crippen LogP contribution in [0, 0.1) is 0 Å². The summed E-state index contributed by atoms with van der Waals surface area (Å²) in [5.41, 5.74) is 2.32. The maximum absolute atomic E-state index is 4.78. The number of aromatic nitrogens is 2. The van der Waals surface area contributed by atoms with Crippen LogP contribution in [0.25, 0.3) is 5.69 Å². The zero-order valence-electron chi connectivity index (χ0n) is 13.7. The van der Waals surface area contributed by atoms with Gasteiger partial charge in [0.15, 0.2) is 5.96 Å². The smallest absolute Gasteiger partial charge is 0.191 e. The molecule has 0 spiro atoms. The molecule has 2 aromatic rings. The van der Waals surface area contributed by atoms with Crippen LogP contribution >= 0.6 is 0 Å². The van der Waals surface area contributed by atoms with Crippen molar-refractivity contribution < 1.29 is 0 Å². The van der Waals surface area contributed by atoms with Gasteiger partial charge in [0.2, 0.25) is 0 Å². The van der Waals surface area contributed by atoms with Crippen LogP contribution < -0.4 is 10.6 Å². The molecule has 0 radical (unpaired) electrons. The van der Waals surface area contributed by atoms with Gasteiger partial charge < -0.3 is 15.2 Å². The number of rotatable bonds is 5. The Morgan fingerprint density at radius 1 is 1.30 bits per heavy atom. The third-order valence-corrected chi connectivity index (χ3v) is 4.22. The van der Waals surface area contributed by atoms with Crippen molar-refractivity contribution in [2.75, 3.05) is 6.54 Å². The van der Waals surface area contributed by atoms with Crippen LogP contribution in [0.5, 0.6) is 0 Å². The Balaban J connectivity index is 1.74. The predicted molar refractivity (Wildman–Crippen MR) is 93.8 cm³/mol. The van der Waals surface area contributed by atoms with Crippen molar-refractivity contribution in [3.05, 3.63) is 48.5 Å². The second-order valence-corrected chi connectivity index (χ2v) is 5.92. The first kappa shape index (κ1) is 15.6. The van der Waals surface area contributed by atoms with Gasteiger partial charge in [-0.2, -0.15) is 0 Å². The molecule has 5 nitrogen and oxygen atoms in total. The lowest BCUT2D eigenvalue weighted by atomic mass is 10.2. The summed E-state index contributed by atoms with van der Waals surface area (Å²) in [6.45, 7) is 3.63. The summed E-state index contributed by atoms with van der Waals surface area (Å²) >= 11 is 0. The highest BCUT2D eigenvalue weighted by Crippen LogP contribution is 2.18. The molecule has 1 aliphatic rings. The molecule has 1 saturated carbocycles. The molecule has 0 saturated heterocycles. The molecule has 0 unspecified atom stereocenters. The highest BCUT2D eigenvalue weighted by Gasteiger charge is 2.15. The second-order valence-electron chi connectivity index (χ2n) is 5.92.